The lowest BCUT2D eigenvalue weighted by Gasteiger charge is -2.14. The number of methoxy groups -OCH3 is 1. The second kappa shape index (κ2) is 10.0. The van der Waals surface area contributed by atoms with Gasteiger partial charge in [-0.2, -0.15) is 0 Å². The largest absolute Gasteiger partial charge is 0.493 e. The van der Waals surface area contributed by atoms with Crippen molar-refractivity contribution in [1.82, 2.24) is 10.6 Å². The Labute approximate surface area is 147 Å². The van der Waals surface area contributed by atoms with Crippen LogP contribution in [-0.2, 0) is 4.79 Å². The summed E-state index contributed by atoms with van der Waals surface area (Å²) in [6.45, 7) is 6.81. The van der Waals surface area contributed by atoms with Crippen LogP contribution in [0.1, 0.15) is 37.6 Å². The van der Waals surface area contributed by atoms with E-state index in [4.69, 9.17) is 21.1 Å². The van der Waals surface area contributed by atoms with Gasteiger partial charge in [-0.3, -0.25) is 9.59 Å². The molecule has 0 aliphatic carbocycles. The standard InChI is InChI=1S/C17H25ClN2O4/c1-5-8-24-15-13(18)9-12(10-14(15)23-4)17(22)20-7-6-19-16(21)11(2)3/h9-11H,5-8H2,1-4H3,(H,19,21)(H,20,22). The van der Waals surface area contributed by atoms with Gasteiger partial charge in [-0.15, -0.1) is 0 Å². The fraction of sp³-hybridized carbons (Fsp3) is 0.529. The van der Waals surface area contributed by atoms with Gasteiger partial charge in [0.05, 0.1) is 18.7 Å². The van der Waals surface area contributed by atoms with Crippen LogP contribution >= 0.6 is 11.6 Å². The van der Waals surface area contributed by atoms with E-state index in [1.54, 1.807) is 6.07 Å². The molecule has 7 heteroatoms. The van der Waals surface area contributed by atoms with Crippen molar-refractivity contribution in [1.29, 1.82) is 0 Å². The predicted molar refractivity (Wildman–Crippen MR) is 94.0 cm³/mol. The van der Waals surface area contributed by atoms with Crippen molar-refractivity contribution in [2.24, 2.45) is 5.92 Å². The molecular formula is C17H25ClN2O4. The molecule has 1 aromatic rings. The van der Waals surface area contributed by atoms with Crippen LogP contribution in [0.5, 0.6) is 11.5 Å². The van der Waals surface area contributed by atoms with E-state index in [-0.39, 0.29) is 17.7 Å². The number of nitrogens with one attached hydrogen (secondary N) is 2. The minimum Gasteiger partial charge on any atom is -0.493 e. The Hall–Kier alpha value is -1.95. The number of rotatable bonds is 9. The van der Waals surface area contributed by atoms with Crippen molar-refractivity contribution in [3.63, 3.8) is 0 Å². The highest BCUT2D eigenvalue weighted by Gasteiger charge is 2.15. The SMILES string of the molecule is CCCOc1c(Cl)cc(C(=O)NCCNC(=O)C(C)C)cc1OC. The number of halogens is 1. The Morgan fingerprint density at radius 2 is 1.88 bits per heavy atom. The van der Waals surface area contributed by atoms with Crippen LogP contribution in [0.2, 0.25) is 5.02 Å². The first-order valence-electron chi connectivity index (χ1n) is 7.96. The second-order valence-corrected chi connectivity index (χ2v) is 5.95. The maximum Gasteiger partial charge on any atom is 0.251 e. The topological polar surface area (TPSA) is 76.7 Å². The number of hydrogen-bond acceptors (Lipinski definition) is 4. The van der Waals surface area contributed by atoms with Crippen molar-refractivity contribution < 1.29 is 19.1 Å². The molecule has 1 aromatic carbocycles. The summed E-state index contributed by atoms with van der Waals surface area (Å²) in [7, 11) is 1.49. The van der Waals surface area contributed by atoms with E-state index < -0.39 is 0 Å². The lowest BCUT2D eigenvalue weighted by atomic mass is 10.2. The number of hydrogen-bond donors (Lipinski definition) is 2. The third kappa shape index (κ3) is 5.92. The van der Waals surface area contributed by atoms with Crippen LogP contribution in [0.4, 0.5) is 0 Å². The Morgan fingerprint density at radius 1 is 1.21 bits per heavy atom. The van der Waals surface area contributed by atoms with Crippen molar-refractivity contribution in [2.45, 2.75) is 27.2 Å². The maximum atomic E-state index is 12.2. The fourth-order valence-electron chi connectivity index (χ4n) is 1.86. The zero-order valence-corrected chi connectivity index (χ0v) is 15.3. The number of benzene rings is 1. The molecule has 1 rings (SSSR count). The van der Waals surface area contributed by atoms with Gasteiger partial charge in [0, 0.05) is 24.6 Å². The van der Waals surface area contributed by atoms with E-state index in [2.05, 4.69) is 10.6 Å². The average molecular weight is 357 g/mol. The molecule has 24 heavy (non-hydrogen) atoms. The van der Waals surface area contributed by atoms with E-state index in [0.29, 0.717) is 41.8 Å². The smallest absolute Gasteiger partial charge is 0.251 e. The molecule has 0 aliphatic heterocycles. The number of ether oxygens (including phenoxy) is 2. The molecule has 0 atom stereocenters. The summed E-state index contributed by atoms with van der Waals surface area (Å²) in [6.07, 6.45) is 0.837. The normalized spacial score (nSPS) is 10.4. The van der Waals surface area contributed by atoms with Gasteiger partial charge in [0.15, 0.2) is 11.5 Å². The Bertz CT molecular complexity index is 576. The Morgan fingerprint density at radius 3 is 2.46 bits per heavy atom. The van der Waals surface area contributed by atoms with E-state index >= 15 is 0 Å². The van der Waals surface area contributed by atoms with Crippen LogP contribution in [0.15, 0.2) is 12.1 Å². The molecule has 0 bridgehead atoms. The van der Waals surface area contributed by atoms with Crippen molar-refractivity contribution >= 4 is 23.4 Å². The summed E-state index contributed by atoms with van der Waals surface area (Å²) in [5.41, 5.74) is 0.371. The predicted octanol–water partition coefficient (Wildman–Crippen LogP) is 2.64. The molecule has 0 fully saturated rings. The van der Waals surface area contributed by atoms with Gasteiger partial charge >= 0.3 is 0 Å². The van der Waals surface area contributed by atoms with Gasteiger partial charge in [0.2, 0.25) is 5.91 Å². The Kier molecular flexibility index (Phi) is 8.40. The highest BCUT2D eigenvalue weighted by Crippen LogP contribution is 2.36. The minimum absolute atomic E-state index is 0.0496. The van der Waals surface area contributed by atoms with Crippen LogP contribution < -0.4 is 20.1 Å². The second-order valence-electron chi connectivity index (χ2n) is 5.54. The van der Waals surface area contributed by atoms with Crippen LogP contribution in [-0.4, -0.2) is 38.6 Å². The minimum atomic E-state index is -0.295. The fourth-order valence-corrected chi connectivity index (χ4v) is 2.13. The maximum absolute atomic E-state index is 12.2. The third-order valence-corrected chi connectivity index (χ3v) is 3.46. The van der Waals surface area contributed by atoms with E-state index in [0.717, 1.165) is 6.42 Å². The molecular weight excluding hydrogens is 332 g/mol. The Balaban J connectivity index is 2.67. The molecule has 134 valence electrons. The first-order valence-corrected chi connectivity index (χ1v) is 8.34. The highest BCUT2D eigenvalue weighted by atomic mass is 35.5. The average Bonchev–Trinajstić information content (AvgIpc) is 2.56. The first kappa shape index (κ1) is 20.1. The van der Waals surface area contributed by atoms with Crippen molar-refractivity contribution in [2.75, 3.05) is 26.8 Å². The van der Waals surface area contributed by atoms with E-state index in [1.165, 1.54) is 13.2 Å². The number of carbonyl (C=O) groups is 2. The molecule has 0 saturated carbocycles. The van der Waals surface area contributed by atoms with Gasteiger partial charge in [0.1, 0.15) is 0 Å². The molecule has 0 saturated heterocycles. The molecule has 2 amide bonds. The third-order valence-electron chi connectivity index (χ3n) is 3.18. The van der Waals surface area contributed by atoms with Crippen LogP contribution in [0.25, 0.3) is 0 Å². The molecule has 0 aromatic heterocycles. The zero-order valence-electron chi connectivity index (χ0n) is 14.6. The van der Waals surface area contributed by atoms with Crippen LogP contribution in [0, 0.1) is 5.92 Å². The lowest BCUT2D eigenvalue weighted by molar-refractivity contribution is -0.123. The first-order chi connectivity index (χ1) is 11.4. The summed E-state index contributed by atoms with van der Waals surface area (Å²) < 4.78 is 10.8. The molecule has 0 spiro atoms. The lowest BCUT2D eigenvalue weighted by Crippen LogP contribution is -2.36. The summed E-state index contributed by atoms with van der Waals surface area (Å²) in [6, 6.07) is 3.12. The molecule has 0 heterocycles. The van der Waals surface area contributed by atoms with E-state index in [1.807, 2.05) is 20.8 Å². The van der Waals surface area contributed by atoms with E-state index in [9.17, 15) is 9.59 Å². The molecule has 0 unspecified atom stereocenters. The van der Waals surface area contributed by atoms with Gasteiger partial charge < -0.3 is 20.1 Å². The van der Waals surface area contributed by atoms with Gasteiger partial charge in [-0.05, 0) is 18.6 Å². The zero-order chi connectivity index (χ0) is 18.1. The number of amides is 2. The monoisotopic (exact) mass is 356 g/mol. The van der Waals surface area contributed by atoms with Crippen molar-refractivity contribution in [3.8, 4) is 11.5 Å². The molecule has 2 N–H and O–H groups in total. The summed E-state index contributed by atoms with van der Waals surface area (Å²) in [4.78, 5) is 23.6. The quantitative estimate of drug-likeness (QED) is 0.667. The van der Waals surface area contributed by atoms with Crippen LogP contribution in [0.3, 0.4) is 0 Å². The highest BCUT2D eigenvalue weighted by molar-refractivity contribution is 6.32. The number of carbonyl (C=O) groups excluding carboxylic acids is 2. The summed E-state index contributed by atoms with van der Waals surface area (Å²) in [5.74, 6) is 0.415. The van der Waals surface area contributed by atoms with Gasteiger partial charge in [-0.25, -0.2) is 0 Å². The molecule has 0 radical (unpaired) electrons. The molecule has 6 nitrogen and oxygen atoms in total. The summed E-state index contributed by atoms with van der Waals surface area (Å²) >= 11 is 6.19. The van der Waals surface area contributed by atoms with Crippen molar-refractivity contribution in [3.05, 3.63) is 22.7 Å². The molecule has 0 aliphatic rings. The summed E-state index contributed by atoms with van der Waals surface area (Å²) in [5, 5.41) is 5.78. The van der Waals surface area contributed by atoms with Gasteiger partial charge in [0.25, 0.3) is 5.91 Å². The van der Waals surface area contributed by atoms with Gasteiger partial charge in [-0.1, -0.05) is 32.4 Å².